The second kappa shape index (κ2) is 3.50. The fourth-order valence-electron chi connectivity index (χ4n) is 0.697. The van der Waals surface area contributed by atoms with Crippen LogP contribution in [-0.4, -0.2) is 21.5 Å². The van der Waals surface area contributed by atoms with Crippen molar-refractivity contribution < 1.29 is 0 Å². The van der Waals surface area contributed by atoms with E-state index in [-0.39, 0.29) is 16.5 Å². The second-order valence-electron chi connectivity index (χ2n) is 1.88. The molecule has 0 N–H and O–H groups in total. The first-order valence-corrected chi connectivity index (χ1v) is 9.36. The first-order valence-electron chi connectivity index (χ1n) is 2.73. The van der Waals surface area contributed by atoms with E-state index in [2.05, 4.69) is 37.7 Å². The number of aromatic nitrogens is 1. The molecule has 0 aliphatic heterocycles. The highest BCUT2D eigenvalue weighted by Crippen LogP contribution is 2.04. The van der Waals surface area contributed by atoms with E-state index >= 15 is 0 Å². The molecular weight excluding hydrogens is 257 g/mol. The Bertz CT molecular complexity index is 211. The van der Waals surface area contributed by atoms with E-state index < -0.39 is 0 Å². The molecule has 0 aromatic carbocycles. The van der Waals surface area contributed by atoms with Crippen LogP contribution in [0.1, 0.15) is 10.7 Å². The molecule has 9 heavy (non-hydrogen) atoms. The number of rotatable bonds is 1. The fourth-order valence-corrected chi connectivity index (χ4v) is 5.60. The second-order valence-corrected chi connectivity index (χ2v) is 6.94. The molecule has 1 heterocycles. The van der Waals surface area contributed by atoms with E-state index in [4.69, 9.17) is 0 Å². The minimum Gasteiger partial charge on any atom is -0.289 e. The van der Waals surface area contributed by atoms with Crippen LogP contribution in [0.2, 0.25) is 0 Å². The molecule has 0 saturated carbocycles. The van der Waals surface area contributed by atoms with E-state index in [1.807, 2.05) is 11.3 Å². The van der Waals surface area contributed by atoms with Crippen molar-refractivity contribution >= 4 is 49.7 Å². The van der Waals surface area contributed by atoms with Gasteiger partial charge in [0.15, 0.2) is 0 Å². The molecule has 0 unspecified atom stereocenters. The van der Waals surface area contributed by atoms with Crippen LogP contribution in [0, 0.1) is 13.8 Å². The largest absolute Gasteiger partial charge is 0.521 e. The maximum atomic E-state index is 4.33. The maximum Gasteiger partial charge on any atom is 0.521 e. The normalized spacial score (nSPS) is 9.22. The predicted octanol–water partition coefficient (Wildman–Crippen LogP) is 1.44. The van der Waals surface area contributed by atoms with Gasteiger partial charge in [-0.1, -0.05) is 3.01 Å². The maximum absolute atomic E-state index is 4.33. The molecule has 1 aromatic rings. The number of hydrogen-bond acceptors (Lipinski definition) is 2. The number of thiazole rings is 1. The fraction of sp³-hybridized carbons (Fsp3) is 0.400. The summed E-state index contributed by atoms with van der Waals surface area (Å²) in [5.74, 6) is 0. The molecule has 0 fully saturated rings. The Morgan fingerprint density at radius 2 is 2.22 bits per heavy atom. The topological polar surface area (TPSA) is 12.9 Å². The third kappa shape index (κ3) is 2.03. The van der Waals surface area contributed by atoms with Gasteiger partial charge >= 0.3 is 16.5 Å². The average molecular weight is 263 g/mol. The molecule has 46 valence electrons. The van der Waals surface area contributed by atoms with Gasteiger partial charge in [0, 0.05) is 5.69 Å². The van der Waals surface area contributed by atoms with Crippen LogP contribution >= 0.6 is 30.2 Å². The Balaban J connectivity index is 3.01. The molecule has 0 saturated heterocycles. The van der Waals surface area contributed by atoms with Gasteiger partial charge in [-0.25, -0.2) is 4.98 Å². The first-order chi connectivity index (χ1) is 4.24. The lowest BCUT2D eigenvalue weighted by atomic mass is 10.6. The van der Waals surface area contributed by atoms with Gasteiger partial charge in [0.05, 0.1) is 5.01 Å². The van der Waals surface area contributed by atoms with Crippen molar-refractivity contribution in [1.29, 1.82) is 0 Å². The molecule has 1 rings (SSSR count). The SMILES string of the molecule is Cc1nc(C)[c]([Mg][I])s1. The molecule has 1 aromatic heterocycles. The molecule has 0 radical (unpaired) electrons. The zero-order chi connectivity index (χ0) is 6.85. The zero-order valence-electron chi connectivity index (χ0n) is 5.44. The van der Waals surface area contributed by atoms with E-state index in [1.54, 1.807) is 3.01 Å². The molecule has 0 atom stereocenters. The van der Waals surface area contributed by atoms with Gasteiger partial charge in [-0.2, -0.15) is 11.3 Å². The minimum atomic E-state index is 0.00918. The summed E-state index contributed by atoms with van der Waals surface area (Å²) in [6, 6.07) is 0. The van der Waals surface area contributed by atoms with Gasteiger partial charge in [0.25, 0.3) is 0 Å². The van der Waals surface area contributed by atoms with Gasteiger partial charge in [-0.3, -0.25) is 18.9 Å². The summed E-state index contributed by atoms with van der Waals surface area (Å²) in [5.41, 5.74) is 1.26. The third-order valence-corrected chi connectivity index (χ3v) is 7.51. The van der Waals surface area contributed by atoms with Crippen molar-refractivity contribution in [3.63, 3.8) is 0 Å². The van der Waals surface area contributed by atoms with Crippen molar-refractivity contribution in [2.24, 2.45) is 0 Å². The third-order valence-electron chi connectivity index (χ3n) is 1.12. The van der Waals surface area contributed by atoms with Crippen LogP contribution in [0.25, 0.3) is 0 Å². The van der Waals surface area contributed by atoms with Gasteiger partial charge < -0.3 is 0 Å². The van der Waals surface area contributed by atoms with Crippen LogP contribution in [0.3, 0.4) is 0 Å². The zero-order valence-corrected chi connectivity index (χ0v) is 9.83. The quantitative estimate of drug-likeness (QED) is 0.552. The number of nitrogens with zero attached hydrogens (tertiary/aromatic N) is 1. The van der Waals surface area contributed by atoms with E-state index in [0.29, 0.717) is 0 Å². The summed E-state index contributed by atoms with van der Waals surface area (Å²) in [6.07, 6.45) is 0. The van der Waals surface area contributed by atoms with Gasteiger partial charge in [-0.15, -0.1) is 0 Å². The molecule has 0 bridgehead atoms. The summed E-state index contributed by atoms with van der Waals surface area (Å²) >= 11 is 4.37. The molecule has 4 heteroatoms. The Kier molecular flexibility index (Phi) is 3.20. The van der Waals surface area contributed by atoms with E-state index in [9.17, 15) is 0 Å². The Hall–Kier alpha value is 1.13. The average Bonchev–Trinajstić information content (AvgIpc) is 2.10. The Labute approximate surface area is 78.4 Å². The minimum absolute atomic E-state index is 0.00918. The van der Waals surface area contributed by atoms with E-state index in [1.165, 1.54) is 10.7 Å². The van der Waals surface area contributed by atoms with Crippen molar-refractivity contribution in [2.45, 2.75) is 13.8 Å². The van der Waals surface area contributed by atoms with Crippen LogP contribution in [-0.2, 0) is 0 Å². The smallest absolute Gasteiger partial charge is 0.289 e. The molecular formula is C5H6IMgNS. The van der Waals surface area contributed by atoms with Crippen molar-refractivity contribution in [3.05, 3.63) is 10.7 Å². The lowest BCUT2D eigenvalue weighted by molar-refractivity contribution is 1.21. The van der Waals surface area contributed by atoms with Gasteiger partial charge in [-0.05, 0) is 13.8 Å². The Morgan fingerprint density at radius 1 is 1.56 bits per heavy atom. The highest BCUT2D eigenvalue weighted by atomic mass is 127. The lowest BCUT2D eigenvalue weighted by Gasteiger charge is -1.83. The van der Waals surface area contributed by atoms with Crippen molar-refractivity contribution in [2.75, 3.05) is 0 Å². The standard InChI is InChI=1S/C5H6NS.HI.Mg/c1-4-3-7-5(2)6-4;;/h1-2H3;1H;/q;;+1/p-1. The molecule has 0 aliphatic rings. The Morgan fingerprint density at radius 3 is 2.44 bits per heavy atom. The summed E-state index contributed by atoms with van der Waals surface area (Å²) in [5, 5.41) is 1.21. The number of halogens is 1. The van der Waals surface area contributed by atoms with Crippen LogP contribution in [0.15, 0.2) is 0 Å². The van der Waals surface area contributed by atoms with Crippen molar-refractivity contribution in [1.82, 2.24) is 4.98 Å². The highest BCUT2D eigenvalue weighted by Gasteiger charge is 2.03. The van der Waals surface area contributed by atoms with Crippen LogP contribution in [0.5, 0.6) is 0 Å². The van der Waals surface area contributed by atoms with Gasteiger partial charge in [0.1, 0.15) is 0 Å². The first kappa shape index (κ1) is 8.22. The molecule has 0 aliphatic carbocycles. The predicted molar refractivity (Wildman–Crippen MR) is 51.0 cm³/mol. The molecule has 0 spiro atoms. The van der Waals surface area contributed by atoms with Crippen LogP contribution < -0.4 is 3.01 Å². The molecule has 1 nitrogen and oxygen atoms in total. The van der Waals surface area contributed by atoms with Crippen molar-refractivity contribution in [3.8, 4) is 0 Å². The summed E-state index contributed by atoms with van der Waals surface area (Å²) in [4.78, 5) is 4.33. The van der Waals surface area contributed by atoms with Gasteiger partial charge in [0.2, 0.25) is 0 Å². The number of hydrogen-bond donors (Lipinski definition) is 0. The number of aryl methyl sites for hydroxylation is 2. The monoisotopic (exact) mass is 263 g/mol. The highest BCUT2D eigenvalue weighted by molar-refractivity contribution is 14.1. The van der Waals surface area contributed by atoms with E-state index in [0.717, 1.165) is 0 Å². The summed E-state index contributed by atoms with van der Waals surface area (Å²) in [6.45, 7) is 4.17. The lowest BCUT2D eigenvalue weighted by Crippen LogP contribution is -2.05. The summed E-state index contributed by atoms with van der Waals surface area (Å²) < 4.78 is 1.55. The van der Waals surface area contributed by atoms with Crippen LogP contribution in [0.4, 0.5) is 0 Å². The summed E-state index contributed by atoms with van der Waals surface area (Å²) in [7, 11) is 0. The molecule has 0 amide bonds.